The van der Waals surface area contributed by atoms with E-state index in [4.69, 9.17) is 21.9 Å². The molecule has 0 aliphatic heterocycles. The number of anilines is 1. The molecule has 0 fully saturated rings. The number of halogens is 1. The molecule has 1 heterocycles. The molecule has 1 unspecified atom stereocenters. The zero-order chi connectivity index (χ0) is 14.5. The van der Waals surface area contributed by atoms with Crippen LogP contribution in [0.3, 0.4) is 0 Å². The molecule has 0 amide bonds. The molecule has 0 aliphatic rings. The van der Waals surface area contributed by atoms with Crippen molar-refractivity contribution < 1.29 is 4.52 Å². The number of hydrogen-bond donors (Lipinski definition) is 1. The predicted octanol–water partition coefficient (Wildman–Crippen LogP) is 5.26. The van der Waals surface area contributed by atoms with Crippen LogP contribution in [-0.2, 0) is 0 Å². The summed E-state index contributed by atoms with van der Waals surface area (Å²) in [6, 6.07) is 7.68. The van der Waals surface area contributed by atoms with Crippen LogP contribution in [0.1, 0.15) is 51.1 Å². The first-order chi connectivity index (χ1) is 9.69. The molecular formula is C16H21ClN2O. The van der Waals surface area contributed by atoms with Crippen molar-refractivity contribution in [2.45, 2.75) is 45.4 Å². The molecule has 4 heteroatoms. The van der Waals surface area contributed by atoms with Crippen LogP contribution in [0.25, 0.3) is 11.1 Å². The third-order valence-corrected chi connectivity index (χ3v) is 4.00. The lowest BCUT2D eigenvalue weighted by atomic mass is 9.91. The van der Waals surface area contributed by atoms with Crippen LogP contribution in [0.5, 0.6) is 0 Å². The molecule has 3 nitrogen and oxygen atoms in total. The van der Waals surface area contributed by atoms with Crippen molar-refractivity contribution in [2.24, 2.45) is 0 Å². The summed E-state index contributed by atoms with van der Waals surface area (Å²) < 4.78 is 5.24. The quantitative estimate of drug-likeness (QED) is 0.790. The molecular weight excluding hydrogens is 272 g/mol. The molecule has 0 bridgehead atoms. The van der Waals surface area contributed by atoms with Crippen LogP contribution in [0.4, 0.5) is 5.88 Å². The summed E-state index contributed by atoms with van der Waals surface area (Å²) in [6.45, 7) is 4.36. The van der Waals surface area contributed by atoms with Gasteiger partial charge in [0.2, 0.25) is 5.88 Å². The van der Waals surface area contributed by atoms with Gasteiger partial charge in [0, 0.05) is 16.5 Å². The first-order valence-electron chi connectivity index (χ1n) is 7.18. The minimum absolute atomic E-state index is 0.350. The van der Waals surface area contributed by atoms with Crippen LogP contribution in [-0.4, -0.2) is 5.16 Å². The molecule has 1 atom stereocenters. The zero-order valence-corrected chi connectivity index (χ0v) is 12.8. The Kier molecular flexibility index (Phi) is 5.07. The minimum atomic E-state index is 0.350. The molecule has 2 aromatic rings. The number of unbranched alkanes of at least 4 members (excludes halogenated alkanes) is 1. The summed E-state index contributed by atoms with van der Waals surface area (Å²) in [4.78, 5) is 0. The molecule has 0 radical (unpaired) electrons. The molecule has 0 saturated heterocycles. The molecule has 0 saturated carbocycles. The van der Waals surface area contributed by atoms with Crippen molar-refractivity contribution in [2.75, 3.05) is 5.73 Å². The van der Waals surface area contributed by atoms with Gasteiger partial charge in [-0.3, -0.25) is 0 Å². The van der Waals surface area contributed by atoms with E-state index < -0.39 is 0 Å². The van der Waals surface area contributed by atoms with Gasteiger partial charge in [0.1, 0.15) is 0 Å². The van der Waals surface area contributed by atoms with E-state index in [1.807, 2.05) is 24.3 Å². The third-order valence-electron chi connectivity index (χ3n) is 3.67. The second-order valence-electron chi connectivity index (χ2n) is 5.03. The maximum atomic E-state index is 6.29. The van der Waals surface area contributed by atoms with E-state index in [-0.39, 0.29) is 0 Å². The molecule has 0 aliphatic carbocycles. The Morgan fingerprint density at radius 1 is 1.30 bits per heavy atom. The fraction of sp³-hybridized carbons (Fsp3) is 0.438. The second kappa shape index (κ2) is 6.80. The summed E-state index contributed by atoms with van der Waals surface area (Å²) in [5.41, 5.74) is 8.67. The Bertz CT molecular complexity index is 565. The van der Waals surface area contributed by atoms with Crippen LogP contribution < -0.4 is 5.73 Å². The van der Waals surface area contributed by atoms with Crippen molar-refractivity contribution in [3.8, 4) is 11.1 Å². The molecule has 1 aromatic carbocycles. The SMILES string of the molecule is CCCCC(CC)c1noc(N)c1-c1ccccc1Cl. The number of aromatic nitrogens is 1. The standard InChI is InChI=1S/C16H21ClN2O/c1-3-5-8-11(4-2)15-14(16(18)20-19-15)12-9-6-7-10-13(12)17/h6-7,9-11H,3-5,8,18H2,1-2H3. The topological polar surface area (TPSA) is 52.0 Å². The largest absolute Gasteiger partial charge is 0.367 e. The first-order valence-corrected chi connectivity index (χ1v) is 7.56. The highest BCUT2D eigenvalue weighted by Gasteiger charge is 2.23. The number of rotatable bonds is 6. The fourth-order valence-electron chi connectivity index (χ4n) is 2.51. The molecule has 20 heavy (non-hydrogen) atoms. The van der Waals surface area contributed by atoms with E-state index in [1.54, 1.807) is 0 Å². The maximum Gasteiger partial charge on any atom is 0.230 e. The van der Waals surface area contributed by atoms with Crippen molar-refractivity contribution in [1.29, 1.82) is 0 Å². The molecule has 2 rings (SSSR count). The van der Waals surface area contributed by atoms with E-state index in [2.05, 4.69) is 19.0 Å². The lowest BCUT2D eigenvalue weighted by molar-refractivity contribution is 0.412. The number of hydrogen-bond acceptors (Lipinski definition) is 3. The lowest BCUT2D eigenvalue weighted by Gasteiger charge is -2.13. The van der Waals surface area contributed by atoms with Crippen molar-refractivity contribution >= 4 is 17.5 Å². The van der Waals surface area contributed by atoms with Gasteiger partial charge in [-0.05, 0) is 18.9 Å². The summed E-state index contributed by atoms with van der Waals surface area (Å²) >= 11 is 6.29. The van der Waals surface area contributed by atoms with Gasteiger partial charge >= 0.3 is 0 Å². The van der Waals surface area contributed by atoms with Gasteiger partial charge in [0.15, 0.2) is 0 Å². The van der Waals surface area contributed by atoms with Gasteiger partial charge in [0.25, 0.3) is 0 Å². The van der Waals surface area contributed by atoms with Crippen molar-refractivity contribution in [3.63, 3.8) is 0 Å². The Balaban J connectivity index is 2.44. The predicted molar refractivity (Wildman–Crippen MR) is 83.9 cm³/mol. The van der Waals surface area contributed by atoms with E-state index >= 15 is 0 Å². The van der Waals surface area contributed by atoms with E-state index in [1.165, 1.54) is 12.8 Å². The summed E-state index contributed by atoms with van der Waals surface area (Å²) in [5.74, 6) is 0.713. The highest BCUT2D eigenvalue weighted by atomic mass is 35.5. The highest BCUT2D eigenvalue weighted by molar-refractivity contribution is 6.33. The smallest absolute Gasteiger partial charge is 0.230 e. The van der Waals surface area contributed by atoms with Gasteiger partial charge in [-0.1, -0.05) is 61.6 Å². The molecule has 108 valence electrons. The Morgan fingerprint density at radius 2 is 2.05 bits per heavy atom. The Morgan fingerprint density at radius 3 is 2.70 bits per heavy atom. The number of nitrogens with zero attached hydrogens (tertiary/aromatic N) is 1. The number of nitrogen functional groups attached to an aromatic ring is 1. The van der Waals surface area contributed by atoms with E-state index in [0.29, 0.717) is 16.8 Å². The molecule has 0 spiro atoms. The lowest BCUT2D eigenvalue weighted by Crippen LogP contribution is -2.01. The number of nitrogens with two attached hydrogens (primary N) is 1. The fourth-order valence-corrected chi connectivity index (χ4v) is 2.74. The monoisotopic (exact) mass is 292 g/mol. The summed E-state index contributed by atoms with van der Waals surface area (Å²) in [6.07, 6.45) is 4.46. The Hall–Kier alpha value is -1.48. The van der Waals surface area contributed by atoms with Gasteiger partial charge < -0.3 is 10.3 Å². The van der Waals surface area contributed by atoms with Crippen LogP contribution in [0.2, 0.25) is 5.02 Å². The first kappa shape index (κ1) is 14.9. The zero-order valence-electron chi connectivity index (χ0n) is 12.0. The van der Waals surface area contributed by atoms with Crippen molar-refractivity contribution in [3.05, 3.63) is 35.0 Å². The normalized spacial score (nSPS) is 12.6. The average molecular weight is 293 g/mol. The minimum Gasteiger partial charge on any atom is -0.367 e. The van der Waals surface area contributed by atoms with Crippen LogP contribution in [0, 0.1) is 0 Å². The van der Waals surface area contributed by atoms with Crippen molar-refractivity contribution in [1.82, 2.24) is 5.16 Å². The summed E-state index contributed by atoms with van der Waals surface area (Å²) in [7, 11) is 0. The van der Waals surface area contributed by atoms with Gasteiger partial charge in [-0.25, -0.2) is 0 Å². The van der Waals surface area contributed by atoms with Gasteiger partial charge in [-0.2, -0.15) is 0 Å². The van der Waals surface area contributed by atoms with E-state index in [9.17, 15) is 0 Å². The summed E-state index contributed by atoms with van der Waals surface area (Å²) in [5, 5.41) is 4.87. The van der Waals surface area contributed by atoms with Crippen LogP contribution >= 0.6 is 11.6 Å². The average Bonchev–Trinajstić information content (AvgIpc) is 2.82. The Labute approximate surface area is 125 Å². The highest BCUT2D eigenvalue weighted by Crippen LogP contribution is 2.40. The molecule has 2 N–H and O–H groups in total. The third kappa shape index (κ3) is 2.98. The van der Waals surface area contributed by atoms with E-state index in [0.717, 1.165) is 29.7 Å². The maximum absolute atomic E-state index is 6.29. The number of benzene rings is 1. The van der Waals surface area contributed by atoms with Gasteiger partial charge in [0.05, 0.1) is 11.3 Å². The van der Waals surface area contributed by atoms with Gasteiger partial charge in [-0.15, -0.1) is 0 Å². The molecule has 1 aromatic heterocycles. The van der Waals surface area contributed by atoms with Crippen LogP contribution in [0.15, 0.2) is 28.8 Å². The second-order valence-corrected chi connectivity index (χ2v) is 5.44.